The van der Waals surface area contributed by atoms with Crippen molar-refractivity contribution in [2.75, 3.05) is 36.4 Å². The standard InChI is InChI=1S/C27H29F2N7O/c1-18-16-33(13-10-30-18)27(37)32-24-4-2-9-31-26(24)35-12-8-20-15-21(17-36(20)35)34-11-3-5-25(34)22-14-19(28)6-7-23(22)29/h2,4,6-9,12,14-15,17-18,25,30H,3,5,10-11,13,16H2,1H3,(H,32,37)/t18-,25+/m0/s1. The Morgan fingerprint density at radius 2 is 2.05 bits per heavy atom. The van der Waals surface area contributed by atoms with Gasteiger partial charge in [-0.2, -0.15) is 0 Å². The number of hydrogen-bond donors (Lipinski definition) is 2. The Labute approximate surface area is 213 Å². The average molecular weight is 506 g/mol. The number of nitrogens with one attached hydrogen (secondary N) is 2. The van der Waals surface area contributed by atoms with Gasteiger partial charge >= 0.3 is 6.03 Å². The maximum absolute atomic E-state index is 14.6. The van der Waals surface area contributed by atoms with Gasteiger partial charge in [0.15, 0.2) is 5.82 Å². The fourth-order valence-corrected chi connectivity index (χ4v) is 5.47. The van der Waals surface area contributed by atoms with Crippen LogP contribution in [0.25, 0.3) is 11.3 Å². The minimum absolute atomic E-state index is 0.156. The van der Waals surface area contributed by atoms with Gasteiger partial charge in [-0.1, -0.05) is 0 Å². The lowest BCUT2D eigenvalue weighted by Gasteiger charge is -2.32. The van der Waals surface area contributed by atoms with E-state index in [0.717, 1.165) is 43.2 Å². The summed E-state index contributed by atoms with van der Waals surface area (Å²) in [5.74, 6) is -0.235. The molecule has 0 radical (unpaired) electrons. The Hall–Kier alpha value is -3.92. The van der Waals surface area contributed by atoms with E-state index in [9.17, 15) is 13.6 Å². The number of benzene rings is 1. The van der Waals surface area contributed by atoms with Crippen LogP contribution in [0.15, 0.2) is 61.1 Å². The number of carbonyl (C=O) groups is 1. The minimum atomic E-state index is -0.434. The second kappa shape index (κ2) is 9.51. The molecule has 3 aromatic heterocycles. The first-order valence-electron chi connectivity index (χ1n) is 12.6. The molecule has 4 aromatic rings. The molecular weight excluding hydrogens is 476 g/mol. The first kappa shape index (κ1) is 23.5. The molecule has 2 aliphatic rings. The van der Waals surface area contributed by atoms with E-state index >= 15 is 0 Å². The van der Waals surface area contributed by atoms with E-state index in [1.54, 1.807) is 17.2 Å². The Morgan fingerprint density at radius 1 is 1.16 bits per heavy atom. The van der Waals surface area contributed by atoms with Crippen LogP contribution in [-0.2, 0) is 0 Å². The van der Waals surface area contributed by atoms with Gasteiger partial charge in [0.1, 0.15) is 11.6 Å². The zero-order valence-corrected chi connectivity index (χ0v) is 20.6. The molecular formula is C27H29F2N7O. The van der Waals surface area contributed by atoms with Crippen molar-refractivity contribution < 1.29 is 13.6 Å². The number of nitrogens with zero attached hydrogens (tertiary/aromatic N) is 5. The van der Waals surface area contributed by atoms with E-state index in [2.05, 4.69) is 27.4 Å². The second-order valence-corrected chi connectivity index (χ2v) is 9.75. The molecule has 1 aromatic carbocycles. The van der Waals surface area contributed by atoms with E-state index < -0.39 is 5.82 Å². The molecule has 5 heterocycles. The molecule has 2 aliphatic heterocycles. The Bertz CT molecular complexity index is 1450. The van der Waals surface area contributed by atoms with Crippen LogP contribution < -0.4 is 15.5 Å². The average Bonchev–Trinajstić information content (AvgIpc) is 3.62. The van der Waals surface area contributed by atoms with Crippen molar-refractivity contribution in [3.63, 3.8) is 0 Å². The molecule has 0 aliphatic carbocycles. The minimum Gasteiger partial charge on any atom is -0.363 e. The maximum atomic E-state index is 14.6. The first-order chi connectivity index (χ1) is 18.0. The highest BCUT2D eigenvalue weighted by atomic mass is 19.1. The lowest BCUT2D eigenvalue weighted by atomic mass is 10.0. The van der Waals surface area contributed by atoms with Gasteiger partial charge in [0.2, 0.25) is 0 Å². The Morgan fingerprint density at radius 3 is 2.92 bits per heavy atom. The number of hydrogen-bond acceptors (Lipinski definition) is 4. The van der Waals surface area contributed by atoms with Crippen molar-refractivity contribution in [2.45, 2.75) is 31.8 Å². The van der Waals surface area contributed by atoms with Gasteiger partial charge in [0.25, 0.3) is 0 Å². The highest BCUT2D eigenvalue weighted by molar-refractivity contribution is 5.91. The van der Waals surface area contributed by atoms with E-state index in [-0.39, 0.29) is 23.9 Å². The Balaban J connectivity index is 1.30. The van der Waals surface area contributed by atoms with E-state index in [4.69, 9.17) is 0 Å². The van der Waals surface area contributed by atoms with Crippen molar-refractivity contribution in [1.29, 1.82) is 0 Å². The van der Waals surface area contributed by atoms with Gasteiger partial charge in [-0.05, 0) is 62.2 Å². The molecule has 192 valence electrons. The predicted octanol–water partition coefficient (Wildman–Crippen LogP) is 4.57. The van der Waals surface area contributed by atoms with Gasteiger partial charge in [0.05, 0.1) is 29.1 Å². The highest BCUT2D eigenvalue weighted by Gasteiger charge is 2.30. The molecule has 10 heteroatoms. The third-order valence-corrected chi connectivity index (χ3v) is 7.24. The summed E-state index contributed by atoms with van der Waals surface area (Å²) in [4.78, 5) is 21.5. The number of urea groups is 1. The number of fused-ring (bicyclic) bond motifs is 1. The monoisotopic (exact) mass is 505 g/mol. The van der Waals surface area contributed by atoms with Gasteiger partial charge in [-0.3, -0.25) is 4.52 Å². The molecule has 0 bridgehead atoms. The predicted molar refractivity (Wildman–Crippen MR) is 138 cm³/mol. The molecule has 0 unspecified atom stereocenters. The summed E-state index contributed by atoms with van der Waals surface area (Å²) in [5.41, 5.74) is 2.84. The number of rotatable bonds is 4. The van der Waals surface area contributed by atoms with Gasteiger partial charge in [-0.15, -0.1) is 0 Å². The number of anilines is 2. The summed E-state index contributed by atoms with van der Waals surface area (Å²) in [6.45, 7) is 4.85. The van der Waals surface area contributed by atoms with Gasteiger partial charge in [0, 0.05) is 50.2 Å². The molecule has 2 saturated heterocycles. The SMILES string of the molecule is C[C@H]1CN(C(=O)Nc2cccnc2-n2ccc3cc(N4CCC[C@@H]4c4cc(F)ccc4F)cn32)CCN1. The maximum Gasteiger partial charge on any atom is 0.322 e. The lowest BCUT2D eigenvalue weighted by Crippen LogP contribution is -2.52. The number of piperazine rings is 1. The van der Waals surface area contributed by atoms with E-state index in [1.165, 1.54) is 12.1 Å². The summed E-state index contributed by atoms with van der Waals surface area (Å²) in [5, 5.41) is 6.38. The van der Waals surface area contributed by atoms with E-state index in [1.807, 2.05) is 39.8 Å². The van der Waals surface area contributed by atoms with Crippen LogP contribution in [-0.4, -0.2) is 57.3 Å². The van der Waals surface area contributed by atoms with Crippen molar-refractivity contribution in [3.05, 3.63) is 78.3 Å². The number of amides is 2. The molecule has 2 fully saturated rings. The molecule has 2 N–H and O–H groups in total. The van der Waals surface area contributed by atoms with Crippen LogP contribution in [0.1, 0.15) is 31.4 Å². The molecule has 2 atom stereocenters. The molecule has 0 saturated carbocycles. The van der Waals surface area contributed by atoms with Crippen LogP contribution in [0.2, 0.25) is 0 Å². The van der Waals surface area contributed by atoms with Crippen LogP contribution in [0.3, 0.4) is 0 Å². The zero-order valence-electron chi connectivity index (χ0n) is 20.6. The smallest absolute Gasteiger partial charge is 0.322 e. The fraction of sp³-hybridized carbons (Fsp3) is 0.333. The van der Waals surface area contributed by atoms with Crippen molar-refractivity contribution in [3.8, 4) is 5.82 Å². The topological polar surface area (TPSA) is 69.8 Å². The normalized spacial score (nSPS) is 20.1. The van der Waals surface area contributed by atoms with Gasteiger partial charge in [-0.25, -0.2) is 23.2 Å². The highest BCUT2D eigenvalue weighted by Crippen LogP contribution is 2.38. The summed E-state index contributed by atoms with van der Waals surface area (Å²) >= 11 is 0. The molecule has 2 amide bonds. The van der Waals surface area contributed by atoms with Crippen molar-refractivity contribution in [1.82, 2.24) is 24.4 Å². The third kappa shape index (κ3) is 4.42. The zero-order chi connectivity index (χ0) is 25.5. The summed E-state index contributed by atoms with van der Waals surface area (Å²) < 4.78 is 32.3. The number of pyridine rings is 1. The lowest BCUT2D eigenvalue weighted by molar-refractivity contribution is 0.192. The van der Waals surface area contributed by atoms with Crippen LogP contribution >= 0.6 is 0 Å². The third-order valence-electron chi connectivity index (χ3n) is 7.24. The van der Waals surface area contributed by atoms with Crippen LogP contribution in [0, 0.1) is 11.6 Å². The summed E-state index contributed by atoms with van der Waals surface area (Å²) in [6.07, 6.45) is 7.21. The number of aromatic nitrogens is 3. The van der Waals surface area contributed by atoms with Crippen LogP contribution in [0.4, 0.5) is 25.0 Å². The van der Waals surface area contributed by atoms with Crippen molar-refractivity contribution in [2.24, 2.45) is 0 Å². The van der Waals surface area contributed by atoms with Crippen molar-refractivity contribution >= 4 is 22.9 Å². The second-order valence-electron chi connectivity index (χ2n) is 9.75. The largest absolute Gasteiger partial charge is 0.363 e. The van der Waals surface area contributed by atoms with E-state index in [0.29, 0.717) is 30.2 Å². The van der Waals surface area contributed by atoms with Crippen LogP contribution in [0.5, 0.6) is 0 Å². The summed E-state index contributed by atoms with van der Waals surface area (Å²) in [7, 11) is 0. The molecule has 8 nitrogen and oxygen atoms in total. The number of halogens is 2. The molecule has 6 rings (SSSR count). The Kier molecular flexibility index (Phi) is 6.03. The first-order valence-corrected chi connectivity index (χ1v) is 12.6. The molecule has 0 spiro atoms. The number of carbonyl (C=O) groups excluding carboxylic acids is 1. The van der Waals surface area contributed by atoms with Gasteiger partial charge < -0.3 is 20.4 Å². The summed E-state index contributed by atoms with van der Waals surface area (Å²) in [6, 6.07) is 11.1. The molecule has 37 heavy (non-hydrogen) atoms. The quantitative estimate of drug-likeness (QED) is 0.426. The fourth-order valence-electron chi connectivity index (χ4n) is 5.47.